The van der Waals surface area contributed by atoms with Crippen LogP contribution in [0.3, 0.4) is 0 Å². The second-order valence-electron chi connectivity index (χ2n) is 8.10. The Kier molecular flexibility index (Phi) is 5.91. The van der Waals surface area contributed by atoms with Crippen molar-refractivity contribution < 1.29 is 0 Å². The maximum absolute atomic E-state index is 4.55. The van der Waals surface area contributed by atoms with Gasteiger partial charge in [0.1, 0.15) is 5.82 Å². The van der Waals surface area contributed by atoms with E-state index < -0.39 is 0 Å². The minimum Gasteiger partial charge on any atom is -0.345 e. The Morgan fingerprint density at radius 2 is 2.18 bits per heavy atom. The van der Waals surface area contributed by atoms with E-state index in [2.05, 4.69) is 63.2 Å². The van der Waals surface area contributed by atoms with Gasteiger partial charge in [0.2, 0.25) is 0 Å². The molecule has 4 rings (SSSR count). The van der Waals surface area contributed by atoms with Gasteiger partial charge in [0.15, 0.2) is 0 Å². The molecule has 5 nitrogen and oxygen atoms in total. The molecule has 0 bridgehead atoms. The molecule has 5 heteroatoms. The summed E-state index contributed by atoms with van der Waals surface area (Å²) in [7, 11) is 0. The van der Waals surface area contributed by atoms with Crippen molar-refractivity contribution in [2.75, 3.05) is 13.1 Å². The van der Waals surface area contributed by atoms with Gasteiger partial charge in [-0.25, -0.2) is 4.98 Å². The van der Waals surface area contributed by atoms with Gasteiger partial charge in [0, 0.05) is 48.6 Å². The summed E-state index contributed by atoms with van der Waals surface area (Å²) in [6, 6.07) is 8.70. The highest BCUT2D eigenvalue weighted by molar-refractivity contribution is 5.66. The first-order valence-electron chi connectivity index (χ1n) is 10.6. The zero-order chi connectivity index (χ0) is 19.3. The van der Waals surface area contributed by atoms with Crippen LogP contribution in [0.4, 0.5) is 0 Å². The van der Waals surface area contributed by atoms with Gasteiger partial charge < -0.3 is 4.98 Å². The van der Waals surface area contributed by atoms with Crippen LogP contribution in [0.25, 0.3) is 11.1 Å². The number of aryl methyl sites for hydroxylation is 2. The molecule has 1 saturated heterocycles. The lowest BCUT2D eigenvalue weighted by atomic mass is 9.90. The lowest BCUT2D eigenvalue weighted by Crippen LogP contribution is -2.34. The monoisotopic (exact) mass is 377 g/mol. The lowest BCUT2D eigenvalue weighted by molar-refractivity contribution is 0.197. The molecule has 1 aliphatic heterocycles. The largest absolute Gasteiger partial charge is 0.345 e. The van der Waals surface area contributed by atoms with Crippen LogP contribution in [0.5, 0.6) is 0 Å². The third kappa shape index (κ3) is 4.36. The summed E-state index contributed by atoms with van der Waals surface area (Å²) in [6.07, 6.45) is 9.88. The van der Waals surface area contributed by atoms with Crippen molar-refractivity contribution in [3.8, 4) is 11.1 Å². The number of unbranched alkanes of at least 4 members (excludes halogenated alkanes) is 1. The van der Waals surface area contributed by atoms with E-state index in [9.17, 15) is 0 Å². The first kappa shape index (κ1) is 18.9. The maximum atomic E-state index is 4.55. The molecular formula is C23H31N5. The topological polar surface area (TPSA) is 60.6 Å². The fourth-order valence-electron chi connectivity index (χ4n) is 4.28. The Morgan fingerprint density at radius 3 is 3.04 bits per heavy atom. The third-order valence-corrected chi connectivity index (χ3v) is 5.75. The van der Waals surface area contributed by atoms with Crippen LogP contribution < -0.4 is 0 Å². The molecule has 148 valence electrons. The van der Waals surface area contributed by atoms with Gasteiger partial charge in [0.25, 0.3) is 0 Å². The number of nitrogens with one attached hydrogen (secondary N) is 2. The van der Waals surface area contributed by atoms with E-state index in [4.69, 9.17) is 0 Å². The molecule has 3 aromatic rings. The molecular weight excluding hydrogens is 346 g/mol. The summed E-state index contributed by atoms with van der Waals surface area (Å²) in [5.74, 6) is 1.62. The second-order valence-corrected chi connectivity index (χ2v) is 8.10. The first-order chi connectivity index (χ1) is 13.7. The molecule has 3 heterocycles. The molecule has 0 radical (unpaired) electrons. The fourth-order valence-corrected chi connectivity index (χ4v) is 4.28. The Morgan fingerprint density at radius 1 is 1.25 bits per heavy atom. The molecule has 1 aromatic carbocycles. The number of benzene rings is 1. The standard InChI is InChI=1S/C23H31N5/c1-3-4-10-22-24-13-20(26-22)16-28-11-6-9-19(15-28)23-21(14-25-27-23)18-8-5-7-17(2)12-18/h5,7-8,12-14,19H,3-4,6,9-11,15-16H2,1-2H3,(H,24,26)(H,25,27). The number of hydrogen-bond donors (Lipinski definition) is 2. The van der Waals surface area contributed by atoms with Gasteiger partial charge in [0.05, 0.1) is 6.20 Å². The van der Waals surface area contributed by atoms with Gasteiger partial charge in [-0.2, -0.15) is 5.10 Å². The van der Waals surface area contributed by atoms with Crippen molar-refractivity contribution in [2.45, 2.75) is 58.4 Å². The molecule has 1 unspecified atom stereocenters. The Balaban J connectivity index is 1.45. The highest BCUT2D eigenvalue weighted by Crippen LogP contribution is 2.33. The molecule has 1 aliphatic rings. The van der Waals surface area contributed by atoms with Crippen LogP contribution in [0.15, 0.2) is 36.7 Å². The van der Waals surface area contributed by atoms with E-state index in [1.807, 2.05) is 12.4 Å². The minimum absolute atomic E-state index is 0.495. The SMILES string of the molecule is CCCCc1ncc(CN2CCCC(c3[nH]ncc3-c3cccc(C)c3)C2)[nH]1. The zero-order valence-electron chi connectivity index (χ0n) is 17.0. The molecule has 0 spiro atoms. The number of rotatable bonds is 7. The number of likely N-dealkylation sites (tertiary alicyclic amines) is 1. The van der Waals surface area contributed by atoms with Crippen molar-refractivity contribution in [3.05, 3.63) is 59.4 Å². The van der Waals surface area contributed by atoms with Crippen LogP contribution in [0, 0.1) is 6.92 Å². The average molecular weight is 378 g/mol. The highest BCUT2D eigenvalue weighted by Gasteiger charge is 2.25. The van der Waals surface area contributed by atoms with E-state index >= 15 is 0 Å². The first-order valence-corrected chi connectivity index (χ1v) is 10.6. The zero-order valence-corrected chi connectivity index (χ0v) is 17.0. The van der Waals surface area contributed by atoms with Gasteiger partial charge in [-0.3, -0.25) is 10.00 Å². The van der Waals surface area contributed by atoms with E-state index in [-0.39, 0.29) is 0 Å². The van der Waals surface area contributed by atoms with Crippen LogP contribution in [0.2, 0.25) is 0 Å². The van der Waals surface area contributed by atoms with Gasteiger partial charge in [-0.1, -0.05) is 43.2 Å². The molecule has 1 atom stereocenters. The Labute approximate surface area is 167 Å². The molecule has 1 fully saturated rings. The van der Waals surface area contributed by atoms with Crippen LogP contribution in [-0.2, 0) is 13.0 Å². The highest BCUT2D eigenvalue weighted by atomic mass is 15.2. The number of aromatic amines is 2. The Bertz CT molecular complexity index is 894. The van der Waals surface area contributed by atoms with Gasteiger partial charge in [-0.15, -0.1) is 0 Å². The predicted octanol–water partition coefficient (Wildman–Crippen LogP) is 4.83. The molecule has 0 amide bonds. The summed E-state index contributed by atoms with van der Waals surface area (Å²) in [4.78, 5) is 10.6. The third-order valence-electron chi connectivity index (χ3n) is 5.75. The number of aromatic nitrogens is 4. The molecule has 2 aromatic heterocycles. The van der Waals surface area contributed by atoms with Crippen molar-refractivity contribution in [1.82, 2.24) is 25.1 Å². The van der Waals surface area contributed by atoms with Crippen LogP contribution >= 0.6 is 0 Å². The summed E-state index contributed by atoms with van der Waals surface area (Å²) in [5.41, 5.74) is 6.31. The van der Waals surface area contributed by atoms with Crippen molar-refractivity contribution in [3.63, 3.8) is 0 Å². The number of H-pyrrole nitrogens is 2. The van der Waals surface area contributed by atoms with Gasteiger partial charge >= 0.3 is 0 Å². The van der Waals surface area contributed by atoms with Crippen molar-refractivity contribution in [2.24, 2.45) is 0 Å². The van der Waals surface area contributed by atoms with Gasteiger partial charge in [-0.05, 0) is 38.3 Å². The Hall–Kier alpha value is -2.40. The van der Waals surface area contributed by atoms with Crippen molar-refractivity contribution in [1.29, 1.82) is 0 Å². The summed E-state index contributed by atoms with van der Waals surface area (Å²) >= 11 is 0. The smallest absolute Gasteiger partial charge is 0.106 e. The number of hydrogen-bond acceptors (Lipinski definition) is 3. The quantitative estimate of drug-likeness (QED) is 0.620. The predicted molar refractivity (Wildman–Crippen MR) is 113 cm³/mol. The number of imidazole rings is 1. The van der Waals surface area contributed by atoms with E-state index in [0.29, 0.717) is 5.92 Å². The van der Waals surface area contributed by atoms with Crippen molar-refractivity contribution >= 4 is 0 Å². The van der Waals surface area contributed by atoms with E-state index in [0.717, 1.165) is 31.9 Å². The fraction of sp³-hybridized carbons (Fsp3) is 0.478. The van der Waals surface area contributed by atoms with E-state index in [1.54, 1.807) is 0 Å². The van der Waals surface area contributed by atoms with Crippen LogP contribution in [-0.4, -0.2) is 38.2 Å². The lowest BCUT2D eigenvalue weighted by Gasteiger charge is -2.32. The summed E-state index contributed by atoms with van der Waals surface area (Å²) in [6.45, 7) is 7.52. The molecule has 28 heavy (non-hydrogen) atoms. The van der Waals surface area contributed by atoms with Crippen LogP contribution in [0.1, 0.15) is 61.3 Å². The molecule has 0 saturated carbocycles. The molecule has 0 aliphatic carbocycles. The maximum Gasteiger partial charge on any atom is 0.106 e. The minimum atomic E-state index is 0.495. The number of piperidine rings is 1. The second kappa shape index (κ2) is 8.74. The van der Waals surface area contributed by atoms with E-state index in [1.165, 1.54) is 53.8 Å². The molecule has 2 N–H and O–H groups in total. The summed E-state index contributed by atoms with van der Waals surface area (Å²) < 4.78 is 0. The summed E-state index contributed by atoms with van der Waals surface area (Å²) in [5, 5.41) is 7.69. The number of nitrogens with zero attached hydrogens (tertiary/aromatic N) is 3. The average Bonchev–Trinajstić information content (AvgIpc) is 3.36. The normalized spacial score (nSPS) is 17.9.